The van der Waals surface area contributed by atoms with Crippen LogP contribution in [-0.2, 0) is 0 Å². The third-order valence-electron chi connectivity index (χ3n) is 4.35. The SMILES string of the molecule is CCCCCCCCN(C)C.Nc1ccc(N2CCC(I)C2)cc1. The van der Waals surface area contributed by atoms with Crippen molar-refractivity contribution in [2.75, 3.05) is 44.4 Å². The van der Waals surface area contributed by atoms with Gasteiger partial charge in [-0.1, -0.05) is 61.6 Å². The molecule has 0 amide bonds. The van der Waals surface area contributed by atoms with Gasteiger partial charge >= 0.3 is 0 Å². The molecule has 3 nitrogen and oxygen atoms in total. The summed E-state index contributed by atoms with van der Waals surface area (Å²) in [5, 5.41) is 0. The second kappa shape index (κ2) is 12.8. The molecule has 1 unspecified atom stereocenters. The third kappa shape index (κ3) is 9.72. The van der Waals surface area contributed by atoms with Crippen molar-refractivity contribution in [3.05, 3.63) is 24.3 Å². The van der Waals surface area contributed by atoms with E-state index in [2.05, 4.69) is 65.5 Å². The maximum absolute atomic E-state index is 5.63. The summed E-state index contributed by atoms with van der Waals surface area (Å²) in [6.07, 6.45) is 9.72. The maximum Gasteiger partial charge on any atom is 0.0368 e. The molecule has 0 spiro atoms. The van der Waals surface area contributed by atoms with Crippen LogP contribution < -0.4 is 10.6 Å². The highest BCUT2D eigenvalue weighted by molar-refractivity contribution is 14.1. The maximum atomic E-state index is 5.63. The molecule has 1 atom stereocenters. The zero-order valence-electron chi connectivity index (χ0n) is 15.8. The number of nitrogens with zero attached hydrogens (tertiary/aromatic N) is 2. The van der Waals surface area contributed by atoms with Crippen LogP contribution in [0, 0.1) is 0 Å². The fourth-order valence-corrected chi connectivity index (χ4v) is 3.60. The number of benzene rings is 1. The Kier molecular flexibility index (Phi) is 11.5. The first-order valence-electron chi connectivity index (χ1n) is 9.42. The van der Waals surface area contributed by atoms with E-state index in [1.54, 1.807) is 0 Å². The van der Waals surface area contributed by atoms with Crippen molar-refractivity contribution < 1.29 is 0 Å². The number of nitrogen functional groups attached to an aromatic ring is 1. The first-order chi connectivity index (χ1) is 11.5. The molecule has 1 aliphatic rings. The quantitative estimate of drug-likeness (QED) is 0.259. The van der Waals surface area contributed by atoms with Crippen molar-refractivity contribution in [3.8, 4) is 0 Å². The van der Waals surface area contributed by atoms with Crippen LogP contribution in [0.15, 0.2) is 24.3 Å². The minimum atomic E-state index is 0.801. The highest BCUT2D eigenvalue weighted by Crippen LogP contribution is 2.24. The molecular weight excluding hydrogens is 409 g/mol. The number of hydrogen-bond acceptors (Lipinski definition) is 3. The average Bonchev–Trinajstić information content (AvgIpc) is 2.98. The number of nitrogens with two attached hydrogens (primary N) is 1. The minimum absolute atomic E-state index is 0.801. The standard InChI is InChI=1S/C10H13IN2.C10H23N/c11-8-5-6-13(7-8)10-3-1-9(12)2-4-10;1-4-5-6-7-8-9-10-11(2)3/h1-4,8H,5-7,12H2;4-10H2,1-3H3. The molecule has 1 aliphatic heterocycles. The molecule has 1 saturated heterocycles. The van der Waals surface area contributed by atoms with Gasteiger partial charge in [0.25, 0.3) is 0 Å². The summed E-state index contributed by atoms with van der Waals surface area (Å²) in [5.74, 6) is 0. The Bertz CT molecular complexity index is 419. The minimum Gasteiger partial charge on any atom is -0.399 e. The molecule has 1 aromatic rings. The summed E-state index contributed by atoms with van der Waals surface area (Å²) >= 11 is 2.51. The molecule has 1 aromatic carbocycles. The summed E-state index contributed by atoms with van der Waals surface area (Å²) in [6.45, 7) is 5.87. The topological polar surface area (TPSA) is 32.5 Å². The van der Waals surface area contributed by atoms with Gasteiger partial charge in [-0.3, -0.25) is 0 Å². The van der Waals surface area contributed by atoms with Gasteiger partial charge in [0.15, 0.2) is 0 Å². The van der Waals surface area contributed by atoms with E-state index in [0.29, 0.717) is 0 Å². The molecule has 1 fully saturated rings. The predicted molar refractivity (Wildman–Crippen MR) is 117 cm³/mol. The first kappa shape index (κ1) is 21.6. The van der Waals surface area contributed by atoms with E-state index in [9.17, 15) is 0 Å². The van der Waals surface area contributed by atoms with Crippen LogP contribution in [0.2, 0.25) is 0 Å². The van der Waals surface area contributed by atoms with Crippen molar-refractivity contribution in [1.29, 1.82) is 0 Å². The fourth-order valence-electron chi connectivity index (χ4n) is 2.85. The van der Waals surface area contributed by atoms with Gasteiger partial charge in [-0.05, 0) is 57.7 Å². The molecule has 0 radical (unpaired) electrons. The van der Waals surface area contributed by atoms with E-state index in [1.165, 1.54) is 70.3 Å². The summed E-state index contributed by atoms with van der Waals surface area (Å²) < 4.78 is 0.801. The van der Waals surface area contributed by atoms with Gasteiger partial charge in [0.05, 0.1) is 0 Å². The van der Waals surface area contributed by atoms with Crippen LogP contribution in [0.1, 0.15) is 51.9 Å². The highest BCUT2D eigenvalue weighted by atomic mass is 127. The second-order valence-corrected chi connectivity index (χ2v) is 8.76. The molecular formula is C20H36IN3. The molecule has 24 heavy (non-hydrogen) atoms. The van der Waals surface area contributed by atoms with E-state index in [-0.39, 0.29) is 0 Å². The Hall–Kier alpha value is -0.490. The summed E-state index contributed by atoms with van der Waals surface area (Å²) in [4.78, 5) is 4.68. The lowest BCUT2D eigenvalue weighted by Crippen LogP contribution is -2.19. The van der Waals surface area contributed by atoms with Crippen molar-refractivity contribution in [3.63, 3.8) is 0 Å². The van der Waals surface area contributed by atoms with Crippen molar-refractivity contribution >= 4 is 34.0 Å². The lowest BCUT2D eigenvalue weighted by Gasteiger charge is -2.17. The van der Waals surface area contributed by atoms with Gasteiger partial charge in [-0.25, -0.2) is 0 Å². The lowest BCUT2D eigenvalue weighted by atomic mass is 10.1. The molecule has 138 valence electrons. The number of anilines is 2. The average molecular weight is 445 g/mol. The molecule has 0 aliphatic carbocycles. The van der Waals surface area contributed by atoms with E-state index < -0.39 is 0 Å². The van der Waals surface area contributed by atoms with Crippen LogP contribution in [-0.4, -0.2) is 42.6 Å². The van der Waals surface area contributed by atoms with Crippen LogP contribution in [0.4, 0.5) is 11.4 Å². The van der Waals surface area contributed by atoms with Gasteiger partial charge in [0.2, 0.25) is 0 Å². The molecule has 2 rings (SSSR count). The predicted octanol–water partition coefficient (Wildman–Crippen LogP) is 5.19. The Morgan fingerprint density at radius 1 is 1.08 bits per heavy atom. The summed E-state index contributed by atoms with van der Waals surface area (Å²) in [6, 6.07) is 8.14. The highest BCUT2D eigenvalue weighted by Gasteiger charge is 2.19. The number of hydrogen-bond donors (Lipinski definition) is 1. The monoisotopic (exact) mass is 445 g/mol. The van der Waals surface area contributed by atoms with Crippen molar-refractivity contribution in [2.45, 2.75) is 55.8 Å². The summed E-state index contributed by atoms with van der Waals surface area (Å²) in [5.41, 5.74) is 7.77. The molecule has 0 bridgehead atoms. The number of rotatable bonds is 8. The van der Waals surface area contributed by atoms with Crippen molar-refractivity contribution in [2.24, 2.45) is 0 Å². The Morgan fingerprint density at radius 2 is 1.71 bits per heavy atom. The van der Waals surface area contributed by atoms with Crippen LogP contribution in [0.25, 0.3) is 0 Å². The molecule has 2 N–H and O–H groups in total. The first-order valence-corrected chi connectivity index (χ1v) is 10.7. The van der Waals surface area contributed by atoms with E-state index >= 15 is 0 Å². The smallest absolute Gasteiger partial charge is 0.0368 e. The zero-order chi connectivity index (χ0) is 17.8. The molecule has 0 saturated carbocycles. The van der Waals surface area contributed by atoms with Gasteiger partial charge in [0, 0.05) is 28.4 Å². The Balaban J connectivity index is 0.000000245. The van der Waals surface area contributed by atoms with E-state index in [0.717, 1.165) is 9.61 Å². The molecule has 1 heterocycles. The fraction of sp³-hybridized carbons (Fsp3) is 0.700. The normalized spacial score (nSPS) is 17.0. The second-order valence-electron chi connectivity index (χ2n) is 6.99. The van der Waals surface area contributed by atoms with Gasteiger partial charge in [-0.2, -0.15) is 0 Å². The number of alkyl halides is 1. The summed E-state index contributed by atoms with van der Waals surface area (Å²) in [7, 11) is 4.29. The lowest BCUT2D eigenvalue weighted by molar-refractivity contribution is 0.389. The molecule has 4 heteroatoms. The van der Waals surface area contributed by atoms with Gasteiger partial charge in [0.1, 0.15) is 0 Å². The Labute approximate surface area is 163 Å². The number of unbranched alkanes of at least 4 members (excludes halogenated alkanes) is 5. The van der Waals surface area contributed by atoms with Crippen molar-refractivity contribution in [1.82, 2.24) is 4.90 Å². The van der Waals surface area contributed by atoms with Crippen LogP contribution in [0.5, 0.6) is 0 Å². The van der Waals surface area contributed by atoms with E-state index in [4.69, 9.17) is 5.73 Å². The zero-order valence-corrected chi connectivity index (χ0v) is 18.0. The largest absolute Gasteiger partial charge is 0.399 e. The van der Waals surface area contributed by atoms with Crippen LogP contribution in [0.3, 0.4) is 0 Å². The third-order valence-corrected chi connectivity index (χ3v) is 5.36. The Morgan fingerprint density at radius 3 is 2.25 bits per heavy atom. The van der Waals surface area contributed by atoms with Gasteiger partial charge in [-0.15, -0.1) is 0 Å². The van der Waals surface area contributed by atoms with Gasteiger partial charge < -0.3 is 15.5 Å². The van der Waals surface area contributed by atoms with Crippen LogP contribution >= 0.6 is 22.6 Å². The van der Waals surface area contributed by atoms with E-state index in [1.807, 2.05) is 12.1 Å². The number of halogens is 1. The molecule has 0 aromatic heterocycles.